The van der Waals surface area contributed by atoms with Gasteiger partial charge in [-0.3, -0.25) is 4.79 Å². The molecule has 0 aromatic heterocycles. The van der Waals surface area contributed by atoms with Gasteiger partial charge in [-0.1, -0.05) is 32.9 Å². The van der Waals surface area contributed by atoms with Crippen molar-refractivity contribution in [3.8, 4) is 0 Å². The first-order valence-corrected chi connectivity index (χ1v) is 8.37. The molecule has 1 aromatic rings. The molecule has 0 saturated heterocycles. The van der Waals surface area contributed by atoms with Crippen LogP contribution in [-0.2, 0) is 0 Å². The van der Waals surface area contributed by atoms with E-state index in [1.54, 1.807) is 0 Å². The summed E-state index contributed by atoms with van der Waals surface area (Å²) in [6.07, 6.45) is 3.32. The second-order valence-electron chi connectivity index (χ2n) is 5.79. The summed E-state index contributed by atoms with van der Waals surface area (Å²) < 4.78 is 0. The van der Waals surface area contributed by atoms with Crippen molar-refractivity contribution in [2.45, 2.75) is 44.9 Å². The van der Waals surface area contributed by atoms with Crippen molar-refractivity contribution in [3.05, 3.63) is 29.8 Å². The molecule has 0 radical (unpaired) electrons. The van der Waals surface area contributed by atoms with E-state index in [1.165, 1.54) is 11.3 Å². The summed E-state index contributed by atoms with van der Waals surface area (Å²) in [4.78, 5) is 13.8. The molecule has 0 heterocycles. The molecule has 1 fully saturated rings. The van der Waals surface area contributed by atoms with E-state index >= 15 is 0 Å². The third kappa shape index (κ3) is 3.62. The molecule has 1 aliphatic carbocycles. The van der Waals surface area contributed by atoms with Crippen molar-refractivity contribution < 1.29 is 4.79 Å². The first-order chi connectivity index (χ1) is 9.11. The minimum absolute atomic E-state index is 0.246. The Kier molecular flexibility index (Phi) is 5.09. The maximum absolute atomic E-state index is 12.5. The van der Waals surface area contributed by atoms with E-state index in [-0.39, 0.29) is 5.92 Å². The number of rotatable bonds is 4. The average molecular weight is 276 g/mol. The highest BCUT2D eigenvalue weighted by atomic mass is 32.2. The van der Waals surface area contributed by atoms with Gasteiger partial charge in [0, 0.05) is 16.4 Å². The maximum atomic E-state index is 12.5. The van der Waals surface area contributed by atoms with Gasteiger partial charge in [-0.25, -0.2) is 0 Å². The topological polar surface area (TPSA) is 17.1 Å². The molecular weight excluding hydrogens is 252 g/mol. The normalized spacial score (nSPS) is 27.2. The molecular formula is C17H24OS. The fraction of sp³-hybridized carbons (Fsp3) is 0.588. The van der Waals surface area contributed by atoms with Gasteiger partial charge in [0.25, 0.3) is 0 Å². The third-order valence-electron chi connectivity index (χ3n) is 4.42. The SMILES string of the molecule is CCSc1ccc(C(=O)C2CCC(C)C(C)C2)cc1. The fourth-order valence-corrected chi connectivity index (χ4v) is 3.57. The lowest BCUT2D eigenvalue weighted by molar-refractivity contribution is 0.0837. The van der Waals surface area contributed by atoms with Gasteiger partial charge in [-0.15, -0.1) is 11.8 Å². The molecule has 3 unspecified atom stereocenters. The summed E-state index contributed by atoms with van der Waals surface area (Å²) in [5.74, 6) is 3.12. The quantitative estimate of drug-likeness (QED) is 0.565. The highest BCUT2D eigenvalue weighted by Crippen LogP contribution is 2.35. The van der Waals surface area contributed by atoms with Gasteiger partial charge in [0.2, 0.25) is 0 Å². The Hall–Kier alpha value is -0.760. The van der Waals surface area contributed by atoms with Crippen molar-refractivity contribution in [1.29, 1.82) is 0 Å². The van der Waals surface area contributed by atoms with Crippen LogP contribution in [-0.4, -0.2) is 11.5 Å². The molecule has 0 N–H and O–H groups in total. The summed E-state index contributed by atoms with van der Waals surface area (Å²) in [5, 5.41) is 0. The lowest BCUT2D eigenvalue weighted by Gasteiger charge is -2.31. The zero-order chi connectivity index (χ0) is 13.8. The van der Waals surface area contributed by atoms with Gasteiger partial charge in [0.05, 0.1) is 0 Å². The van der Waals surface area contributed by atoms with E-state index in [9.17, 15) is 4.79 Å². The number of thioether (sulfide) groups is 1. The van der Waals surface area contributed by atoms with Crippen molar-refractivity contribution in [3.63, 3.8) is 0 Å². The van der Waals surface area contributed by atoms with Crippen LogP contribution in [0.25, 0.3) is 0 Å². The van der Waals surface area contributed by atoms with E-state index in [4.69, 9.17) is 0 Å². The second-order valence-corrected chi connectivity index (χ2v) is 7.12. The lowest BCUT2D eigenvalue weighted by Crippen LogP contribution is -2.26. The van der Waals surface area contributed by atoms with Gasteiger partial charge in [0.1, 0.15) is 0 Å². The number of hydrogen-bond acceptors (Lipinski definition) is 2. The predicted molar refractivity (Wildman–Crippen MR) is 82.8 cm³/mol. The Morgan fingerprint density at radius 1 is 1.16 bits per heavy atom. The molecule has 104 valence electrons. The van der Waals surface area contributed by atoms with E-state index in [0.717, 1.165) is 30.1 Å². The Morgan fingerprint density at radius 2 is 1.84 bits per heavy atom. The van der Waals surface area contributed by atoms with E-state index < -0.39 is 0 Å². The number of benzene rings is 1. The largest absolute Gasteiger partial charge is 0.294 e. The number of Topliss-reactive ketones (excluding diaryl/α,β-unsaturated/α-hetero) is 1. The Morgan fingerprint density at radius 3 is 2.42 bits per heavy atom. The minimum atomic E-state index is 0.246. The maximum Gasteiger partial charge on any atom is 0.165 e. The molecule has 0 amide bonds. The molecule has 2 heteroatoms. The highest BCUT2D eigenvalue weighted by molar-refractivity contribution is 7.99. The standard InChI is InChI=1S/C17H24OS/c1-4-19-16-9-7-14(8-10-16)17(18)15-6-5-12(2)13(3)11-15/h7-10,12-13,15H,4-6,11H2,1-3H3. The minimum Gasteiger partial charge on any atom is -0.294 e. The van der Waals surface area contributed by atoms with Gasteiger partial charge >= 0.3 is 0 Å². The van der Waals surface area contributed by atoms with Gasteiger partial charge in [-0.05, 0) is 49.0 Å². The molecule has 0 bridgehead atoms. The molecule has 1 aromatic carbocycles. The van der Waals surface area contributed by atoms with Crippen molar-refractivity contribution >= 4 is 17.5 Å². The first-order valence-electron chi connectivity index (χ1n) is 7.39. The molecule has 1 aliphatic rings. The van der Waals surface area contributed by atoms with E-state index in [1.807, 2.05) is 23.9 Å². The number of ketones is 1. The molecule has 1 nitrogen and oxygen atoms in total. The second kappa shape index (κ2) is 6.60. The smallest absolute Gasteiger partial charge is 0.165 e. The Labute approximate surface area is 121 Å². The lowest BCUT2D eigenvalue weighted by atomic mass is 9.73. The molecule has 3 atom stereocenters. The van der Waals surface area contributed by atoms with Crippen LogP contribution in [0.1, 0.15) is 50.4 Å². The summed E-state index contributed by atoms with van der Waals surface area (Å²) in [5.41, 5.74) is 0.896. The molecule has 19 heavy (non-hydrogen) atoms. The van der Waals surface area contributed by atoms with Crippen LogP contribution < -0.4 is 0 Å². The van der Waals surface area contributed by atoms with Crippen molar-refractivity contribution in [1.82, 2.24) is 0 Å². The van der Waals surface area contributed by atoms with Crippen LogP contribution in [0.4, 0.5) is 0 Å². The summed E-state index contributed by atoms with van der Waals surface area (Å²) in [6.45, 7) is 6.74. The molecule has 1 saturated carbocycles. The molecule has 2 rings (SSSR count). The number of hydrogen-bond donors (Lipinski definition) is 0. The predicted octanol–water partition coefficient (Wildman–Crippen LogP) is 5.05. The van der Waals surface area contributed by atoms with Crippen molar-refractivity contribution in [2.24, 2.45) is 17.8 Å². The van der Waals surface area contributed by atoms with Crippen LogP contribution in [0.5, 0.6) is 0 Å². The van der Waals surface area contributed by atoms with Crippen LogP contribution in [0.2, 0.25) is 0 Å². The zero-order valence-electron chi connectivity index (χ0n) is 12.2. The average Bonchev–Trinajstić information content (AvgIpc) is 2.42. The van der Waals surface area contributed by atoms with Gasteiger partial charge in [0.15, 0.2) is 5.78 Å². The first kappa shape index (κ1) is 14.6. The third-order valence-corrected chi connectivity index (χ3v) is 5.31. The van der Waals surface area contributed by atoms with Crippen molar-refractivity contribution in [2.75, 3.05) is 5.75 Å². The molecule has 0 aliphatic heterocycles. The van der Waals surface area contributed by atoms with E-state index in [0.29, 0.717) is 11.7 Å². The van der Waals surface area contributed by atoms with Crippen LogP contribution in [0.3, 0.4) is 0 Å². The van der Waals surface area contributed by atoms with Crippen LogP contribution in [0, 0.1) is 17.8 Å². The summed E-state index contributed by atoms with van der Waals surface area (Å²) >= 11 is 1.82. The van der Waals surface area contributed by atoms with Crippen LogP contribution >= 0.6 is 11.8 Å². The summed E-state index contributed by atoms with van der Waals surface area (Å²) in [7, 11) is 0. The van der Waals surface area contributed by atoms with Gasteiger partial charge < -0.3 is 0 Å². The zero-order valence-corrected chi connectivity index (χ0v) is 13.0. The van der Waals surface area contributed by atoms with Gasteiger partial charge in [-0.2, -0.15) is 0 Å². The summed E-state index contributed by atoms with van der Waals surface area (Å²) in [6, 6.07) is 8.17. The van der Waals surface area contributed by atoms with E-state index in [2.05, 4.69) is 32.9 Å². The van der Waals surface area contributed by atoms with Crippen LogP contribution in [0.15, 0.2) is 29.2 Å². The Balaban J connectivity index is 2.03. The highest BCUT2D eigenvalue weighted by Gasteiger charge is 2.29. The number of carbonyl (C=O) groups is 1. The Bertz CT molecular complexity index is 423. The monoisotopic (exact) mass is 276 g/mol. The fourth-order valence-electron chi connectivity index (χ4n) is 2.90. The number of carbonyl (C=O) groups excluding carboxylic acids is 1. The molecule has 0 spiro atoms.